The van der Waals surface area contributed by atoms with Crippen LogP contribution in [0.3, 0.4) is 0 Å². The molecule has 1 fully saturated rings. The molecule has 0 unspecified atom stereocenters. The van der Waals surface area contributed by atoms with Crippen LogP contribution in [-0.2, 0) is 5.41 Å². The van der Waals surface area contributed by atoms with Gasteiger partial charge in [-0.1, -0.05) is 45.0 Å². The van der Waals surface area contributed by atoms with Crippen molar-refractivity contribution in [3.05, 3.63) is 53.2 Å². The molecule has 2 bridgehead atoms. The summed E-state index contributed by atoms with van der Waals surface area (Å²) in [5, 5.41) is 12.8. The van der Waals surface area contributed by atoms with E-state index >= 15 is 0 Å². The molecule has 2 aromatic carbocycles. The highest BCUT2D eigenvalue weighted by Crippen LogP contribution is 2.68. The maximum absolute atomic E-state index is 9.39. The molecular weight excluding hydrogens is 292 g/mol. The van der Waals surface area contributed by atoms with E-state index in [2.05, 4.69) is 51.2 Å². The molecule has 2 heteroatoms. The molecule has 24 heavy (non-hydrogen) atoms. The van der Waals surface area contributed by atoms with Crippen LogP contribution in [0.15, 0.2) is 36.5 Å². The smallest absolute Gasteiger partial charge is 0.0998 e. The summed E-state index contributed by atoms with van der Waals surface area (Å²) in [7, 11) is 0. The number of benzene rings is 2. The first-order chi connectivity index (χ1) is 11.5. The zero-order chi connectivity index (χ0) is 16.7. The zero-order valence-electron chi connectivity index (χ0n) is 14.4. The lowest BCUT2D eigenvalue weighted by Gasteiger charge is -2.35. The van der Waals surface area contributed by atoms with Gasteiger partial charge in [0.15, 0.2) is 0 Å². The van der Waals surface area contributed by atoms with Crippen molar-refractivity contribution in [2.45, 2.75) is 44.9 Å². The van der Waals surface area contributed by atoms with Gasteiger partial charge in [-0.25, -0.2) is 0 Å². The second-order valence-electron chi connectivity index (χ2n) is 8.21. The molecule has 2 nitrogen and oxygen atoms in total. The van der Waals surface area contributed by atoms with Crippen LogP contribution in [0, 0.1) is 16.7 Å². The molecule has 2 aliphatic rings. The molecule has 118 valence electrons. The quantitative estimate of drug-likeness (QED) is 0.519. The van der Waals surface area contributed by atoms with Crippen LogP contribution in [0.25, 0.3) is 21.7 Å². The SMILES string of the molecule is CC1(C)[C@@H]2CC[C@@]1(C)c1c2cnc2c1ccc1c(C#N)cccc12. The average molecular weight is 312 g/mol. The van der Waals surface area contributed by atoms with Crippen molar-refractivity contribution in [1.29, 1.82) is 5.26 Å². The third-order valence-electron chi connectivity index (χ3n) is 7.20. The van der Waals surface area contributed by atoms with Crippen LogP contribution >= 0.6 is 0 Å². The van der Waals surface area contributed by atoms with E-state index in [1.54, 1.807) is 0 Å². The fourth-order valence-electron chi connectivity index (χ4n) is 5.51. The number of nitriles is 1. The van der Waals surface area contributed by atoms with Crippen LogP contribution in [0.1, 0.15) is 56.2 Å². The summed E-state index contributed by atoms with van der Waals surface area (Å²) in [6.07, 6.45) is 4.65. The Morgan fingerprint density at radius 3 is 2.67 bits per heavy atom. The normalized spacial score (nSPS) is 26.7. The summed E-state index contributed by atoms with van der Waals surface area (Å²) in [5.74, 6) is 0.621. The Bertz CT molecular complexity index is 1070. The highest BCUT2D eigenvalue weighted by Gasteiger charge is 2.59. The van der Waals surface area contributed by atoms with Crippen molar-refractivity contribution in [2.75, 3.05) is 0 Å². The molecule has 0 spiro atoms. The van der Waals surface area contributed by atoms with Gasteiger partial charge in [0.1, 0.15) is 0 Å². The van der Waals surface area contributed by atoms with Crippen LogP contribution in [0.2, 0.25) is 0 Å². The largest absolute Gasteiger partial charge is 0.255 e. The van der Waals surface area contributed by atoms with Gasteiger partial charge in [-0.15, -0.1) is 0 Å². The van der Waals surface area contributed by atoms with Crippen molar-refractivity contribution in [1.82, 2.24) is 4.98 Å². The average Bonchev–Trinajstić information content (AvgIpc) is 2.92. The van der Waals surface area contributed by atoms with Crippen molar-refractivity contribution in [2.24, 2.45) is 5.41 Å². The molecule has 0 saturated heterocycles. The van der Waals surface area contributed by atoms with Crippen molar-refractivity contribution < 1.29 is 0 Å². The fraction of sp³-hybridized carbons (Fsp3) is 0.364. The van der Waals surface area contributed by atoms with Gasteiger partial charge in [-0.3, -0.25) is 4.98 Å². The number of fused-ring (bicyclic) bond motifs is 9. The van der Waals surface area contributed by atoms with Gasteiger partial charge in [0.25, 0.3) is 0 Å². The van der Waals surface area contributed by atoms with Gasteiger partial charge >= 0.3 is 0 Å². The van der Waals surface area contributed by atoms with Gasteiger partial charge in [0, 0.05) is 22.4 Å². The molecule has 2 aliphatic carbocycles. The molecular formula is C22H20N2. The number of pyridine rings is 1. The van der Waals surface area contributed by atoms with Gasteiger partial charge in [-0.05, 0) is 46.8 Å². The van der Waals surface area contributed by atoms with Gasteiger partial charge in [0.05, 0.1) is 17.1 Å². The standard InChI is InChI=1S/C22H20N2/c1-21(2)18-9-10-22(21,3)19-16-8-7-14-13(11-23)5-4-6-15(14)20(16)24-12-17(18)19/h4-8,12,18H,9-10H2,1-3H3/t18-,22+/m1/s1. The number of aromatic nitrogens is 1. The monoisotopic (exact) mass is 312 g/mol. The van der Waals surface area contributed by atoms with Crippen molar-refractivity contribution in [3.8, 4) is 6.07 Å². The molecule has 5 rings (SSSR count). The highest BCUT2D eigenvalue weighted by molar-refractivity contribution is 6.08. The van der Waals surface area contributed by atoms with Crippen LogP contribution in [0.5, 0.6) is 0 Å². The van der Waals surface area contributed by atoms with E-state index in [9.17, 15) is 5.26 Å². The Balaban J connectivity index is 1.94. The summed E-state index contributed by atoms with van der Waals surface area (Å²) < 4.78 is 0. The van der Waals surface area contributed by atoms with Gasteiger partial charge in [0.2, 0.25) is 0 Å². The van der Waals surface area contributed by atoms with Crippen LogP contribution in [-0.4, -0.2) is 4.98 Å². The van der Waals surface area contributed by atoms with Crippen molar-refractivity contribution >= 4 is 21.7 Å². The predicted octanol–water partition coefficient (Wildman–Crippen LogP) is 5.43. The van der Waals surface area contributed by atoms with E-state index in [1.165, 1.54) is 29.4 Å². The summed E-state index contributed by atoms with van der Waals surface area (Å²) in [5.41, 5.74) is 5.25. The molecule has 1 saturated carbocycles. The lowest BCUT2D eigenvalue weighted by molar-refractivity contribution is 0.232. The minimum absolute atomic E-state index is 0.217. The summed E-state index contributed by atoms with van der Waals surface area (Å²) in [6.45, 7) is 7.28. The predicted molar refractivity (Wildman–Crippen MR) is 97.1 cm³/mol. The van der Waals surface area contributed by atoms with Crippen molar-refractivity contribution in [3.63, 3.8) is 0 Å². The van der Waals surface area contributed by atoms with Gasteiger partial charge < -0.3 is 0 Å². The zero-order valence-corrected chi connectivity index (χ0v) is 14.4. The number of hydrogen-bond acceptors (Lipinski definition) is 2. The Morgan fingerprint density at radius 2 is 1.88 bits per heavy atom. The first kappa shape index (κ1) is 14.0. The Labute approximate surface area is 142 Å². The Hall–Kier alpha value is -2.40. The highest BCUT2D eigenvalue weighted by atomic mass is 14.7. The van der Waals surface area contributed by atoms with E-state index in [-0.39, 0.29) is 10.8 Å². The topological polar surface area (TPSA) is 36.7 Å². The maximum atomic E-state index is 9.39. The second kappa shape index (κ2) is 4.16. The van der Waals surface area contributed by atoms with E-state index in [0.717, 1.165) is 21.9 Å². The lowest BCUT2D eigenvalue weighted by atomic mass is 9.68. The first-order valence-corrected chi connectivity index (χ1v) is 8.74. The second-order valence-corrected chi connectivity index (χ2v) is 8.21. The van der Waals surface area contributed by atoms with E-state index < -0.39 is 0 Å². The Kier molecular flexibility index (Phi) is 2.43. The van der Waals surface area contributed by atoms with E-state index in [1.807, 2.05) is 12.1 Å². The number of rotatable bonds is 0. The number of nitrogens with zero attached hydrogens (tertiary/aromatic N) is 2. The first-order valence-electron chi connectivity index (χ1n) is 8.74. The molecule has 0 radical (unpaired) electrons. The Morgan fingerprint density at radius 1 is 1.08 bits per heavy atom. The summed E-state index contributed by atoms with van der Waals surface area (Å²) >= 11 is 0. The van der Waals surface area contributed by atoms with Crippen LogP contribution in [0.4, 0.5) is 0 Å². The molecule has 1 aromatic heterocycles. The summed E-state index contributed by atoms with van der Waals surface area (Å²) in [6, 6.07) is 12.6. The minimum Gasteiger partial charge on any atom is -0.255 e. The fourth-order valence-corrected chi connectivity index (χ4v) is 5.51. The number of hydrogen-bond donors (Lipinski definition) is 0. The molecule has 1 heterocycles. The van der Waals surface area contributed by atoms with Crippen LogP contribution < -0.4 is 0 Å². The van der Waals surface area contributed by atoms with E-state index in [4.69, 9.17) is 4.98 Å². The molecule has 0 aliphatic heterocycles. The minimum atomic E-state index is 0.217. The van der Waals surface area contributed by atoms with Gasteiger partial charge in [-0.2, -0.15) is 5.26 Å². The summed E-state index contributed by atoms with van der Waals surface area (Å²) in [4.78, 5) is 4.86. The third kappa shape index (κ3) is 1.36. The molecule has 3 aromatic rings. The van der Waals surface area contributed by atoms with E-state index in [0.29, 0.717) is 5.92 Å². The molecule has 0 N–H and O–H groups in total. The third-order valence-corrected chi connectivity index (χ3v) is 7.20. The maximum Gasteiger partial charge on any atom is 0.0998 e. The lowest BCUT2D eigenvalue weighted by Crippen LogP contribution is -2.31. The molecule has 0 amide bonds. The molecule has 2 atom stereocenters.